The maximum atomic E-state index is 12.2. The minimum absolute atomic E-state index is 0.315. The van der Waals surface area contributed by atoms with Gasteiger partial charge >= 0.3 is 5.97 Å². The van der Waals surface area contributed by atoms with Crippen LogP contribution in [0, 0.1) is 0 Å². The Morgan fingerprint density at radius 2 is 1.96 bits per heavy atom. The molecule has 0 aliphatic rings. The average Bonchev–Trinajstić information content (AvgIpc) is 3.01. The summed E-state index contributed by atoms with van der Waals surface area (Å²) in [5.74, 6) is -0.389. The number of carbonyl (C=O) groups is 1. The zero-order chi connectivity index (χ0) is 16.2. The van der Waals surface area contributed by atoms with Gasteiger partial charge < -0.3 is 4.74 Å². The second kappa shape index (κ2) is 6.67. The minimum Gasteiger partial charge on any atom is -0.462 e. The Bertz CT molecular complexity index is 828. The third-order valence-corrected chi connectivity index (χ3v) is 3.60. The largest absolute Gasteiger partial charge is 0.462 e. The molecular weight excluding hydrogens is 312 g/mol. The van der Waals surface area contributed by atoms with Gasteiger partial charge in [-0.15, -0.1) is 0 Å². The van der Waals surface area contributed by atoms with Crippen LogP contribution in [0.25, 0.3) is 16.9 Å². The van der Waals surface area contributed by atoms with Crippen LogP contribution in [-0.2, 0) is 4.74 Å². The summed E-state index contributed by atoms with van der Waals surface area (Å²) in [5, 5.41) is 4.97. The van der Waals surface area contributed by atoms with E-state index in [0.717, 1.165) is 11.3 Å². The van der Waals surface area contributed by atoms with Crippen LogP contribution in [-0.4, -0.2) is 22.4 Å². The Morgan fingerprint density at radius 1 is 1.17 bits per heavy atom. The van der Waals surface area contributed by atoms with Gasteiger partial charge in [0.2, 0.25) is 0 Å². The molecule has 4 nitrogen and oxygen atoms in total. The Kier molecular flexibility index (Phi) is 4.44. The fourth-order valence-corrected chi connectivity index (χ4v) is 2.57. The van der Waals surface area contributed by atoms with Gasteiger partial charge in [0.25, 0.3) is 0 Å². The summed E-state index contributed by atoms with van der Waals surface area (Å²) in [5.41, 5.74) is 2.78. The predicted octanol–water partition coefficient (Wildman–Crippen LogP) is 4.37. The summed E-state index contributed by atoms with van der Waals surface area (Å²) >= 11 is 6.08. The second-order valence-electron chi connectivity index (χ2n) is 4.89. The quantitative estimate of drug-likeness (QED) is 0.669. The Labute approximate surface area is 139 Å². The van der Waals surface area contributed by atoms with E-state index >= 15 is 0 Å². The van der Waals surface area contributed by atoms with Gasteiger partial charge in [0.05, 0.1) is 24.2 Å². The SMILES string of the molecule is CCOC(=O)c1cnn(-c2cccc(Cl)c2)c1-c1ccccc1. The molecule has 116 valence electrons. The summed E-state index contributed by atoms with van der Waals surface area (Å²) in [6.07, 6.45) is 1.53. The summed E-state index contributed by atoms with van der Waals surface area (Å²) in [6, 6.07) is 17.0. The molecule has 0 aliphatic carbocycles. The summed E-state index contributed by atoms with van der Waals surface area (Å²) < 4.78 is 6.85. The van der Waals surface area contributed by atoms with Crippen LogP contribution in [0.15, 0.2) is 60.8 Å². The molecule has 0 spiro atoms. The van der Waals surface area contributed by atoms with Crippen LogP contribution in [0.5, 0.6) is 0 Å². The van der Waals surface area contributed by atoms with Crippen LogP contribution in [0.2, 0.25) is 5.02 Å². The minimum atomic E-state index is -0.389. The molecule has 3 rings (SSSR count). The lowest BCUT2D eigenvalue weighted by Gasteiger charge is -2.10. The van der Waals surface area contributed by atoms with Gasteiger partial charge in [-0.1, -0.05) is 48.0 Å². The molecule has 0 aliphatic heterocycles. The van der Waals surface area contributed by atoms with E-state index < -0.39 is 0 Å². The number of esters is 1. The van der Waals surface area contributed by atoms with Crippen molar-refractivity contribution in [2.75, 3.05) is 6.61 Å². The normalized spacial score (nSPS) is 10.5. The fourth-order valence-electron chi connectivity index (χ4n) is 2.38. The van der Waals surface area contributed by atoms with Gasteiger partial charge in [-0.05, 0) is 25.1 Å². The smallest absolute Gasteiger partial charge is 0.342 e. The molecule has 0 radical (unpaired) electrons. The molecule has 0 fully saturated rings. The Morgan fingerprint density at radius 3 is 2.65 bits per heavy atom. The van der Waals surface area contributed by atoms with Crippen molar-refractivity contribution < 1.29 is 9.53 Å². The number of aromatic nitrogens is 2. The summed E-state index contributed by atoms with van der Waals surface area (Å²) in [4.78, 5) is 12.2. The molecule has 0 N–H and O–H groups in total. The molecule has 3 aromatic rings. The van der Waals surface area contributed by atoms with E-state index in [1.807, 2.05) is 42.5 Å². The van der Waals surface area contributed by atoms with Gasteiger partial charge in [-0.25, -0.2) is 9.48 Å². The van der Waals surface area contributed by atoms with Crippen LogP contribution < -0.4 is 0 Å². The maximum Gasteiger partial charge on any atom is 0.342 e. The second-order valence-corrected chi connectivity index (χ2v) is 5.32. The van der Waals surface area contributed by atoms with E-state index in [1.54, 1.807) is 23.7 Å². The number of halogens is 1. The molecule has 23 heavy (non-hydrogen) atoms. The van der Waals surface area contributed by atoms with Crippen molar-refractivity contribution in [3.8, 4) is 16.9 Å². The lowest BCUT2D eigenvalue weighted by molar-refractivity contribution is 0.0527. The topological polar surface area (TPSA) is 44.1 Å². The van der Waals surface area contributed by atoms with Crippen LogP contribution in [0.3, 0.4) is 0 Å². The first kappa shape index (κ1) is 15.3. The molecule has 0 amide bonds. The standard InChI is InChI=1S/C18H15ClN2O2/c1-2-23-18(22)16-12-20-21(15-10-6-9-14(19)11-15)17(16)13-7-4-3-5-8-13/h3-12H,2H2,1H3. The molecule has 0 saturated heterocycles. The van der Waals surface area contributed by atoms with Gasteiger partial charge in [0, 0.05) is 10.6 Å². The van der Waals surface area contributed by atoms with Crippen molar-refractivity contribution in [3.05, 3.63) is 71.4 Å². The first-order valence-corrected chi connectivity index (χ1v) is 7.65. The zero-order valence-corrected chi connectivity index (χ0v) is 13.3. The number of benzene rings is 2. The molecular formula is C18H15ClN2O2. The Balaban J connectivity index is 2.19. The molecule has 0 atom stereocenters. The highest BCUT2D eigenvalue weighted by Crippen LogP contribution is 2.28. The van der Waals surface area contributed by atoms with Crippen LogP contribution in [0.1, 0.15) is 17.3 Å². The third-order valence-electron chi connectivity index (χ3n) is 3.36. The summed E-state index contributed by atoms with van der Waals surface area (Å²) in [7, 11) is 0. The highest BCUT2D eigenvalue weighted by molar-refractivity contribution is 6.30. The number of rotatable bonds is 4. The number of nitrogens with zero attached hydrogens (tertiary/aromatic N) is 2. The lowest BCUT2D eigenvalue weighted by Crippen LogP contribution is -2.07. The number of hydrogen-bond donors (Lipinski definition) is 0. The van der Waals surface area contributed by atoms with Gasteiger partial charge in [-0.3, -0.25) is 0 Å². The zero-order valence-electron chi connectivity index (χ0n) is 12.6. The molecule has 1 aromatic heterocycles. The first-order chi connectivity index (χ1) is 11.2. The van der Waals surface area contributed by atoms with Crippen molar-refractivity contribution in [2.24, 2.45) is 0 Å². The van der Waals surface area contributed by atoms with Crippen molar-refractivity contribution in [3.63, 3.8) is 0 Å². The third kappa shape index (κ3) is 3.12. The molecule has 1 heterocycles. The van der Waals surface area contributed by atoms with Crippen LogP contribution in [0.4, 0.5) is 0 Å². The van der Waals surface area contributed by atoms with Gasteiger partial charge in [0.15, 0.2) is 0 Å². The van der Waals surface area contributed by atoms with Crippen LogP contribution >= 0.6 is 11.6 Å². The number of carbonyl (C=O) groups excluding carboxylic acids is 1. The molecule has 5 heteroatoms. The van der Waals surface area contributed by atoms with Crippen molar-refractivity contribution in [1.29, 1.82) is 0 Å². The molecule has 0 unspecified atom stereocenters. The molecule has 0 bridgehead atoms. The van der Waals surface area contributed by atoms with E-state index in [9.17, 15) is 4.79 Å². The first-order valence-electron chi connectivity index (χ1n) is 7.27. The van der Waals surface area contributed by atoms with E-state index in [4.69, 9.17) is 16.3 Å². The van der Waals surface area contributed by atoms with Crippen molar-refractivity contribution in [1.82, 2.24) is 9.78 Å². The van der Waals surface area contributed by atoms with E-state index in [-0.39, 0.29) is 5.97 Å². The number of hydrogen-bond acceptors (Lipinski definition) is 3. The summed E-state index contributed by atoms with van der Waals surface area (Å²) in [6.45, 7) is 2.09. The Hall–Kier alpha value is -2.59. The predicted molar refractivity (Wildman–Crippen MR) is 90.0 cm³/mol. The molecule has 2 aromatic carbocycles. The van der Waals surface area contributed by atoms with E-state index in [1.165, 1.54) is 6.20 Å². The fraction of sp³-hybridized carbons (Fsp3) is 0.111. The van der Waals surface area contributed by atoms with Gasteiger partial charge in [-0.2, -0.15) is 5.10 Å². The average molecular weight is 327 g/mol. The van der Waals surface area contributed by atoms with E-state index in [0.29, 0.717) is 22.9 Å². The highest BCUT2D eigenvalue weighted by Gasteiger charge is 2.20. The van der Waals surface area contributed by atoms with Gasteiger partial charge in [0.1, 0.15) is 5.56 Å². The maximum absolute atomic E-state index is 12.2. The van der Waals surface area contributed by atoms with E-state index in [2.05, 4.69) is 5.10 Å². The lowest BCUT2D eigenvalue weighted by atomic mass is 10.1. The highest BCUT2D eigenvalue weighted by atomic mass is 35.5. The number of ether oxygens (including phenoxy) is 1. The van der Waals surface area contributed by atoms with Crippen molar-refractivity contribution in [2.45, 2.75) is 6.92 Å². The van der Waals surface area contributed by atoms with Crippen molar-refractivity contribution >= 4 is 17.6 Å². The molecule has 0 saturated carbocycles. The monoisotopic (exact) mass is 326 g/mol.